The molecular weight excluding hydrogens is 276 g/mol. The summed E-state index contributed by atoms with van der Waals surface area (Å²) in [6, 6.07) is 1.27. The van der Waals surface area contributed by atoms with E-state index in [1.54, 1.807) is 16.3 Å². The Morgan fingerprint density at radius 2 is 2.29 bits per heavy atom. The number of aryl methyl sites for hydroxylation is 1. The van der Waals surface area contributed by atoms with E-state index < -0.39 is 0 Å². The van der Waals surface area contributed by atoms with Gasteiger partial charge in [0.2, 0.25) is 0 Å². The van der Waals surface area contributed by atoms with Gasteiger partial charge in [-0.15, -0.1) is 11.3 Å². The van der Waals surface area contributed by atoms with E-state index in [0.717, 1.165) is 10.1 Å². The van der Waals surface area contributed by atoms with Gasteiger partial charge in [-0.2, -0.15) is 11.8 Å². The summed E-state index contributed by atoms with van der Waals surface area (Å²) in [5, 5.41) is 9.75. The molecule has 2 rings (SSSR count). The molecule has 0 bridgehead atoms. The Hall–Kier alpha value is -0.660. The number of pyridine rings is 1. The zero-order valence-corrected chi connectivity index (χ0v) is 11.9. The minimum atomic E-state index is -0.193. The highest BCUT2D eigenvalue weighted by atomic mass is 32.2. The summed E-state index contributed by atoms with van der Waals surface area (Å²) in [7, 11) is 0. The van der Waals surface area contributed by atoms with Crippen LogP contribution in [0.5, 0.6) is 5.75 Å². The average Bonchev–Trinajstić information content (AvgIpc) is 2.73. The molecule has 0 radical (unpaired) electrons. The van der Waals surface area contributed by atoms with Crippen LogP contribution in [0.25, 0.3) is 10.3 Å². The van der Waals surface area contributed by atoms with Crippen LogP contribution in [0.2, 0.25) is 0 Å². The Balaban J connectivity index is 2.63. The van der Waals surface area contributed by atoms with Crippen molar-refractivity contribution in [3.05, 3.63) is 16.4 Å². The number of fused-ring (bicyclic) bond motifs is 1. The van der Waals surface area contributed by atoms with E-state index in [1.807, 2.05) is 12.5 Å². The van der Waals surface area contributed by atoms with Gasteiger partial charge in [-0.25, -0.2) is 4.98 Å². The minimum absolute atomic E-state index is 0.0307. The molecule has 0 unspecified atom stereocenters. The summed E-state index contributed by atoms with van der Waals surface area (Å²) in [6.07, 6.45) is 3.93. The lowest BCUT2D eigenvalue weighted by atomic mass is 10.4. The van der Waals surface area contributed by atoms with Crippen LogP contribution in [0.4, 0.5) is 0 Å². The lowest BCUT2D eigenvalue weighted by Crippen LogP contribution is -2.20. The maximum Gasteiger partial charge on any atom is 0.255 e. The topological polar surface area (TPSA) is 55.1 Å². The van der Waals surface area contributed by atoms with Crippen LogP contribution in [0.15, 0.2) is 15.2 Å². The monoisotopic (exact) mass is 288 g/mol. The molecule has 0 aliphatic rings. The van der Waals surface area contributed by atoms with E-state index in [2.05, 4.69) is 4.98 Å². The first-order chi connectivity index (χ1) is 8.17. The SMILES string of the molecule is CSCCn1c(=O)cc(O)c2sc(SC)nc21. The summed E-state index contributed by atoms with van der Waals surface area (Å²) in [5.74, 6) is 0.884. The third-order valence-corrected chi connectivity index (χ3v) is 4.94. The predicted octanol–water partition coefficient (Wildman–Crippen LogP) is 2.25. The van der Waals surface area contributed by atoms with Gasteiger partial charge in [0.05, 0.1) is 0 Å². The van der Waals surface area contributed by atoms with Crippen LogP contribution >= 0.6 is 34.9 Å². The van der Waals surface area contributed by atoms with Crippen molar-refractivity contribution >= 4 is 45.2 Å². The molecule has 0 atom stereocenters. The van der Waals surface area contributed by atoms with Crippen molar-refractivity contribution < 1.29 is 5.11 Å². The van der Waals surface area contributed by atoms with Crippen molar-refractivity contribution in [2.45, 2.75) is 10.9 Å². The van der Waals surface area contributed by atoms with Gasteiger partial charge < -0.3 is 5.11 Å². The molecule has 0 aliphatic heterocycles. The molecule has 92 valence electrons. The first-order valence-electron chi connectivity index (χ1n) is 4.93. The van der Waals surface area contributed by atoms with Crippen molar-refractivity contribution in [2.75, 3.05) is 18.3 Å². The van der Waals surface area contributed by atoms with Gasteiger partial charge in [-0.1, -0.05) is 11.8 Å². The second-order valence-electron chi connectivity index (χ2n) is 3.35. The lowest BCUT2D eigenvalue weighted by molar-refractivity contribution is 0.480. The van der Waals surface area contributed by atoms with Gasteiger partial charge in [0, 0.05) is 18.4 Å². The number of aromatic hydroxyl groups is 1. The molecule has 0 spiro atoms. The highest BCUT2D eigenvalue weighted by molar-refractivity contribution is 8.00. The van der Waals surface area contributed by atoms with Gasteiger partial charge in [0.1, 0.15) is 10.4 Å². The van der Waals surface area contributed by atoms with Crippen LogP contribution in [0.3, 0.4) is 0 Å². The molecule has 2 aromatic heterocycles. The normalized spacial score (nSPS) is 11.2. The molecule has 2 aromatic rings. The Kier molecular flexibility index (Phi) is 4.01. The Labute approximate surface area is 111 Å². The zero-order chi connectivity index (χ0) is 12.4. The summed E-state index contributed by atoms with van der Waals surface area (Å²) in [6.45, 7) is 0.619. The van der Waals surface area contributed by atoms with Crippen molar-refractivity contribution in [3.63, 3.8) is 0 Å². The maximum absolute atomic E-state index is 11.8. The molecule has 17 heavy (non-hydrogen) atoms. The highest BCUT2D eigenvalue weighted by Gasteiger charge is 2.13. The quantitative estimate of drug-likeness (QED) is 0.875. The summed E-state index contributed by atoms with van der Waals surface area (Å²) < 4.78 is 3.18. The first kappa shape index (κ1) is 12.8. The van der Waals surface area contributed by atoms with E-state index in [0.29, 0.717) is 16.9 Å². The third kappa shape index (κ3) is 2.46. The number of rotatable bonds is 4. The van der Waals surface area contributed by atoms with Crippen molar-refractivity contribution in [3.8, 4) is 5.75 Å². The zero-order valence-electron chi connectivity index (χ0n) is 9.47. The van der Waals surface area contributed by atoms with E-state index in [-0.39, 0.29) is 11.3 Å². The van der Waals surface area contributed by atoms with Crippen molar-refractivity contribution in [2.24, 2.45) is 0 Å². The molecule has 0 amide bonds. The van der Waals surface area contributed by atoms with Gasteiger partial charge in [-0.05, 0) is 12.5 Å². The van der Waals surface area contributed by atoms with Crippen LogP contribution in [-0.2, 0) is 6.54 Å². The van der Waals surface area contributed by atoms with Crippen LogP contribution in [0, 0.1) is 0 Å². The average molecular weight is 288 g/mol. The second-order valence-corrected chi connectivity index (χ2v) is 6.39. The summed E-state index contributed by atoms with van der Waals surface area (Å²) in [5.41, 5.74) is 0.403. The number of thiazole rings is 1. The minimum Gasteiger partial charge on any atom is -0.506 e. The molecule has 0 saturated carbocycles. The molecule has 0 aromatic carbocycles. The van der Waals surface area contributed by atoms with Gasteiger partial charge in [0.25, 0.3) is 5.56 Å². The number of nitrogens with zero attached hydrogens (tertiary/aromatic N) is 2. The molecule has 0 fully saturated rings. The number of hydrogen-bond donors (Lipinski definition) is 1. The second kappa shape index (κ2) is 5.32. The maximum atomic E-state index is 11.8. The molecule has 7 heteroatoms. The summed E-state index contributed by atoms with van der Waals surface area (Å²) in [4.78, 5) is 16.2. The predicted molar refractivity (Wildman–Crippen MR) is 75.7 cm³/mol. The number of aromatic nitrogens is 2. The highest BCUT2D eigenvalue weighted by Crippen LogP contribution is 2.32. The molecule has 0 aliphatic carbocycles. The number of thioether (sulfide) groups is 2. The summed E-state index contributed by atoms with van der Waals surface area (Å²) >= 11 is 4.61. The van der Waals surface area contributed by atoms with Gasteiger partial charge in [-0.3, -0.25) is 9.36 Å². The van der Waals surface area contributed by atoms with E-state index in [9.17, 15) is 9.90 Å². The van der Waals surface area contributed by atoms with E-state index in [1.165, 1.54) is 29.2 Å². The Morgan fingerprint density at radius 3 is 2.94 bits per heavy atom. The largest absolute Gasteiger partial charge is 0.506 e. The van der Waals surface area contributed by atoms with E-state index >= 15 is 0 Å². The standard InChI is InChI=1S/C10H12N2O2S3/c1-15-4-3-12-7(14)5-6(13)8-9(12)11-10(16-2)17-8/h5,13H,3-4H2,1-2H3. The van der Waals surface area contributed by atoms with Gasteiger partial charge >= 0.3 is 0 Å². The molecule has 0 saturated heterocycles. The number of hydrogen-bond acceptors (Lipinski definition) is 6. The van der Waals surface area contributed by atoms with Crippen molar-refractivity contribution in [1.82, 2.24) is 9.55 Å². The van der Waals surface area contributed by atoms with Crippen LogP contribution in [-0.4, -0.2) is 32.9 Å². The fraction of sp³-hybridized carbons (Fsp3) is 0.400. The van der Waals surface area contributed by atoms with Crippen molar-refractivity contribution in [1.29, 1.82) is 0 Å². The Morgan fingerprint density at radius 1 is 1.53 bits per heavy atom. The first-order valence-corrected chi connectivity index (χ1v) is 8.37. The van der Waals surface area contributed by atoms with Crippen LogP contribution < -0.4 is 5.56 Å². The fourth-order valence-corrected chi connectivity index (χ4v) is 3.34. The smallest absolute Gasteiger partial charge is 0.255 e. The molecular formula is C10H12N2O2S3. The van der Waals surface area contributed by atoms with Gasteiger partial charge in [0.15, 0.2) is 9.99 Å². The molecule has 4 nitrogen and oxygen atoms in total. The Bertz CT molecular complexity index is 591. The van der Waals surface area contributed by atoms with Crippen LogP contribution in [0.1, 0.15) is 0 Å². The van der Waals surface area contributed by atoms with E-state index in [4.69, 9.17) is 0 Å². The third-order valence-electron chi connectivity index (χ3n) is 2.30. The fourth-order valence-electron chi connectivity index (χ4n) is 1.49. The molecule has 2 heterocycles. The molecule has 1 N–H and O–H groups in total. The lowest BCUT2D eigenvalue weighted by Gasteiger charge is -2.05.